The van der Waals surface area contributed by atoms with Crippen LogP contribution in [0.25, 0.3) is 0 Å². The van der Waals surface area contributed by atoms with Crippen molar-refractivity contribution in [2.24, 2.45) is 0 Å². The van der Waals surface area contributed by atoms with Gasteiger partial charge in [0.15, 0.2) is 0 Å². The van der Waals surface area contributed by atoms with Gasteiger partial charge in [-0.25, -0.2) is 0 Å². The Labute approximate surface area is 112 Å². The first-order valence-electron chi connectivity index (χ1n) is 7.74. The Hall–Kier alpha value is -0.120. The van der Waals surface area contributed by atoms with E-state index < -0.39 is 5.60 Å². The third-order valence-electron chi connectivity index (χ3n) is 4.44. The lowest BCUT2D eigenvalue weighted by Crippen LogP contribution is -2.49. The number of hydrogen-bond acceptors (Lipinski definition) is 3. The SMILES string of the molecule is CC(C)(O)CNC1CCN(C2CCCCC2)CC1. The maximum atomic E-state index is 9.73. The van der Waals surface area contributed by atoms with Crippen LogP contribution in [0, 0.1) is 0 Å². The molecule has 106 valence electrons. The summed E-state index contributed by atoms with van der Waals surface area (Å²) in [6, 6.07) is 1.48. The Kier molecular flexibility index (Phi) is 5.05. The van der Waals surface area contributed by atoms with Gasteiger partial charge < -0.3 is 15.3 Å². The Bertz CT molecular complexity index is 235. The third-order valence-corrected chi connectivity index (χ3v) is 4.44. The molecule has 0 unspecified atom stereocenters. The second kappa shape index (κ2) is 6.36. The molecule has 0 aromatic carbocycles. The summed E-state index contributed by atoms with van der Waals surface area (Å²) < 4.78 is 0. The van der Waals surface area contributed by atoms with Crippen LogP contribution < -0.4 is 5.32 Å². The average Bonchev–Trinajstić information content (AvgIpc) is 2.37. The van der Waals surface area contributed by atoms with Crippen LogP contribution in [0.5, 0.6) is 0 Å². The number of rotatable bonds is 4. The maximum Gasteiger partial charge on any atom is 0.0715 e. The van der Waals surface area contributed by atoms with Crippen molar-refractivity contribution >= 4 is 0 Å². The minimum atomic E-state index is -0.583. The quantitative estimate of drug-likeness (QED) is 0.807. The molecule has 2 aliphatic rings. The molecule has 0 bridgehead atoms. The molecule has 3 nitrogen and oxygen atoms in total. The highest BCUT2D eigenvalue weighted by atomic mass is 16.3. The van der Waals surface area contributed by atoms with Gasteiger partial charge in [0.1, 0.15) is 0 Å². The largest absolute Gasteiger partial charge is 0.389 e. The molecule has 0 aromatic rings. The van der Waals surface area contributed by atoms with Crippen LogP contribution in [0.4, 0.5) is 0 Å². The standard InChI is InChI=1S/C15H30N2O/c1-15(2,18)12-16-13-8-10-17(11-9-13)14-6-4-3-5-7-14/h13-14,16,18H,3-12H2,1-2H3. The molecule has 0 aromatic heterocycles. The molecule has 1 heterocycles. The van der Waals surface area contributed by atoms with Crippen molar-refractivity contribution in [3.8, 4) is 0 Å². The Morgan fingerprint density at radius 2 is 1.67 bits per heavy atom. The molecular weight excluding hydrogens is 224 g/mol. The summed E-state index contributed by atoms with van der Waals surface area (Å²) in [6.07, 6.45) is 9.63. The molecule has 18 heavy (non-hydrogen) atoms. The summed E-state index contributed by atoms with van der Waals surface area (Å²) in [7, 11) is 0. The van der Waals surface area contributed by atoms with Crippen molar-refractivity contribution in [2.75, 3.05) is 19.6 Å². The zero-order chi connectivity index (χ0) is 13.0. The lowest BCUT2D eigenvalue weighted by molar-refractivity contribution is 0.0666. The molecule has 1 aliphatic heterocycles. The summed E-state index contributed by atoms with van der Waals surface area (Å²) in [5.74, 6) is 0. The van der Waals surface area contributed by atoms with Crippen molar-refractivity contribution in [1.82, 2.24) is 10.2 Å². The van der Waals surface area contributed by atoms with Crippen LogP contribution in [0.3, 0.4) is 0 Å². The van der Waals surface area contributed by atoms with E-state index in [0.29, 0.717) is 12.6 Å². The van der Waals surface area contributed by atoms with Crippen LogP contribution in [-0.2, 0) is 0 Å². The molecule has 0 radical (unpaired) electrons. The Balaban J connectivity index is 1.67. The smallest absolute Gasteiger partial charge is 0.0715 e. The zero-order valence-electron chi connectivity index (χ0n) is 12.1. The molecule has 1 aliphatic carbocycles. The average molecular weight is 254 g/mol. The lowest BCUT2D eigenvalue weighted by Gasteiger charge is -2.40. The molecule has 1 saturated carbocycles. The summed E-state index contributed by atoms with van der Waals surface area (Å²) in [6.45, 7) is 6.94. The van der Waals surface area contributed by atoms with Gasteiger partial charge in [0.2, 0.25) is 0 Å². The van der Waals surface area contributed by atoms with Crippen molar-refractivity contribution in [2.45, 2.75) is 76.5 Å². The van der Waals surface area contributed by atoms with Gasteiger partial charge in [-0.3, -0.25) is 0 Å². The first-order chi connectivity index (χ1) is 8.54. The Morgan fingerprint density at radius 3 is 2.22 bits per heavy atom. The van der Waals surface area contributed by atoms with Crippen LogP contribution in [0.15, 0.2) is 0 Å². The highest BCUT2D eigenvalue weighted by molar-refractivity contribution is 4.84. The summed E-state index contributed by atoms with van der Waals surface area (Å²) in [4.78, 5) is 2.71. The second-order valence-electron chi connectivity index (χ2n) is 6.80. The fourth-order valence-corrected chi connectivity index (χ4v) is 3.31. The highest BCUT2D eigenvalue weighted by Gasteiger charge is 2.26. The van der Waals surface area contributed by atoms with Gasteiger partial charge >= 0.3 is 0 Å². The predicted molar refractivity (Wildman–Crippen MR) is 75.8 cm³/mol. The van der Waals surface area contributed by atoms with E-state index in [4.69, 9.17) is 0 Å². The fraction of sp³-hybridized carbons (Fsp3) is 1.00. The van der Waals surface area contributed by atoms with E-state index in [1.54, 1.807) is 0 Å². The van der Waals surface area contributed by atoms with E-state index in [1.807, 2.05) is 13.8 Å². The molecule has 0 amide bonds. The highest BCUT2D eigenvalue weighted by Crippen LogP contribution is 2.25. The van der Waals surface area contributed by atoms with Crippen molar-refractivity contribution in [3.05, 3.63) is 0 Å². The summed E-state index contributed by atoms with van der Waals surface area (Å²) in [5, 5.41) is 13.2. The number of piperidine rings is 1. The van der Waals surface area contributed by atoms with Gasteiger partial charge in [0.05, 0.1) is 5.60 Å². The summed E-state index contributed by atoms with van der Waals surface area (Å²) in [5.41, 5.74) is -0.583. The monoisotopic (exact) mass is 254 g/mol. The molecule has 3 heteroatoms. The van der Waals surface area contributed by atoms with Gasteiger partial charge in [-0.05, 0) is 52.6 Å². The normalized spacial score (nSPS) is 25.5. The minimum absolute atomic E-state index is 0.583. The molecule has 0 spiro atoms. The number of nitrogens with zero attached hydrogens (tertiary/aromatic N) is 1. The molecule has 2 fully saturated rings. The van der Waals surface area contributed by atoms with Crippen LogP contribution in [0.2, 0.25) is 0 Å². The molecule has 0 atom stereocenters. The van der Waals surface area contributed by atoms with Crippen molar-refractivity contribution < 1.29 is 5.11 Å². The van der Waals surface area contributed by atoms with E-state index in [9.17, 15) is 5.11 Å². The topological polar surface area (TPSA) is 35.5 Å². The van der Waals surface area contributed by atoms with Crippen molar-refractivity contribution in [1.29, 1.82) is 0 Å². The maximum absolute atomic E-state index is 9.73. The molecule has 2 N–H and O–H groups in total. The fourth-order valence-electron chi connectivity index (χ4n) is 3.31. The first kappa shape index (κ1) is 14.3. The zero-order valence-corrected chi connectivity index (χ0v) is 12.1. The van der Waals surface area contributed by atoms with Gasteiger partial charge in [0, 0.05) is 18.6 Å². The van der Waals surface area contributed by atoms with Gasteiger partial charge in [-0.2, -0.15) is 0 Å². The summed E-state index contributed by atoms with van der Waals surface area (Å²) >= 11 is 0. The van der Waals surface area contributed by atoms with Gasteiger partial charge in [0.25, 0.3) is 0 Å². The number of nitrogens with one attached hydrogen (secondary N) is 1. The third kappa shape index (κ3) is 4.52. The minimum Gasteiger partial charge on any atom is -0.389 e. The molecule has 1 saturated heterocycles. The van der Waals surface area contributed by atoms with E-state index in [-0.39, 0.29) is 0 Å². The second-order valence-corrected chi connectivity index (χ2v) is 6.80. The number of aliphatic hydroxyl groups is 1. The first-order valence-corrected chi connectivity index (χ1v) is 7.74. The number of likely N-dealkylation sites (tertiary alicyclic amines) is 1. The Morgan fingerprint density at radius 1 is 1.06 bits per heavy atom. The van der Waals surface area contributed by atoms with Gasteiger partial charge in [-0.15, -0.1) is 0 Å². The molecule has 2 rings (SSSR count). The van der Waals surface area contributed by atoms with Crippen LogP contribution in [-0.4, -0.2) is 47.3 Å². The van der Waals surface area contributed by atoms with Gasteiger partial charge in [-0.1, -0.05) is 19.3 Å². The predicted octanol–water partition coefficient (Wildman–Crippen LogP) is 2.14. The van der Waals surface area contributed by atoms with E-state index in [2.05, 4.69) is 10.2 Å². The van der Waals surface area contributed by atoms with Crippen molar-refractivity contribution in [3.63, 3.8) is 0 Å². The van der Waals surface area contributed by atoms with E-state index in [0.717, 1.165) is 6.04 Å². The molecular formula is C15H30N2O. The van der Waals surface area contributed by atoms with E-state index in [1.165, 1.54) is 58.0 Å². The lowest BCUT2D eigenvalue weighted by atomic mass is 9.92. The number of hydrogen-bond donors (Lipinski definition) is 2. The van der Waals surface area contributed by atoms with Crippen LogP contribution in [0.1, 0.15) is 58.8 Å². The van der Waals surface area contributed by atoms with E-state index >= 15 is 0 Å². The van der Waals surface area contributed by atoms with Crippen LogP contribution >= 0.6 is 0 Å².